The Hall–Kier alpha value is -1.55. The van der Waals surface area contributed by atoms with Gasteiger partial charge in [-0.25, -0.2) is 0 Å². The van der Waals surface area contributed by atoms with Crippen molar-refractivity contribution in [2.24, 2.45) is 5.92 Å². The number of rotatable bonds is 1. The van der Waals surface area contributed by atoms with Crippen LogP contribution in [0.2, 0.25) is 0 Å². The van der Waals surface area contributed by atoms with Gasteiger partial charge in [-0.3, -0.25) is 4.79 Å². The van der Waals surface area contributed by atoms with Gasteiger partial charge in [0.15, 0.2) is 23.4 Å². The Bertz CT molecular complexity index is 958. The van der Waals surface area contributed by atoms with Gasteiger partial charge in [-0.1, -0.05) is 6.04 Å². The molecular formula is C18H21NO3. The van der Waals surface area contributed by atoms with E-state index in [0.717, 1.165) is 0 Å². The predicted octanol–water partition coefficient (Wildman–Crippen LogP) is 1.93. The van der Waals surface area contributed by atoms with Crippen molar-refractivity contribution in [3.05, 3.63) is 23.2 Å². The molecule has 1 aromatic carbocycles. The molecule has 1 saturated carbocycles. The zero-order chi connectivity index (χ0) is 21.8. The van der Waals surface area contributed by atoms with E-state index in [4.69, 9.17) is 20.4 Å². The standard InChI is InChI=1S/C18H21NO3/c1-19-8-7-18-11-4-5-13(20)17(18)22-16-14(21-2)6-3-10(15(16)18)9-12(11)19/h3,6,11-12,17H,4-5,7-9H2,1-2H3/t11-,12+,17?,18-/m0/s1/i1D3,2D3,3D,6D. The molecule has 2 aliphatic heterocycles. The van der Waals surface area contributed by atoms with Gasteiger partial charge in [-0.05, 0) is 50.3 Å². The first-order chi connectivity index (χ1) is 13.9. The molecule has 2 bridgehead atoms. The summed E-state index contributed by atoms with van der Waals surface area (Å²) >= 11 is 0. The van der Waals surface area contributed by atoms with E-state index in [2.05, 4.69) is 0 Å². The molecule has 5 rings (SSSR count). The van der Waals surface area contributed by atoms with Gasteiger partial charge in [0.05, 0.1) is 13.9 Å². The summed E-state index contributed by atoms with van der Waals surface area (Å²) in [6, 6.07) is -1.01. The summed E-state index contributed by atoms with van der Waals surface area (Å²) in [7, 11) is -2.84. The SMILES string of the molecule is [2H]c1c([2H])c(OC([2H])([2H])[2H])c2c3c1C[C@@H]1[C@@H]4CCC(=O)C(O2)[C@]34CCN1C([2H])([2H])[2H]. The molecule has 0 radical (unpaired) electrons. The van der Waals surface area contributed by atoms with E-state index in [-0.39, 0.29) is 48.6 Å². The molecule has 0 aromatic heterocycles. The zero-order valence-electron chi connectivity index (χ0n) is 19.9. The van der Waals surface area contributed by atoms with Crippen molar-refractivity contribution >= 4 is 5.78 Å². The fraction of sp³-hybridized carbons (Fsp3) is 0.611. The molecule has 1 saturated heterocycles. The van der Waals surface area contributed by atoms with Gasteiger partial charge in [-0.2, -0.15) is 0 Å². The Kier molecular flexibility index (Phi) is 1.35. The zero-order valence-corrected chi connectivity index (χ0v) is 11.9. The van der Waals surface area contributed by atoms with Crippen LogP contribution in [0.5, 0.6) is 11.5 Å². The van der Waals surface area contributed by atoms with Crippen LogP contribution in [0.1, 0.15) is 41.4 Å². The molecular weight excluding hydrogens is 278 g/mol. The molecule has 4 heteroatoms. The minimum absolute atomic E-state index is 0.0770. The lowest BCUT2D eigenvalue weighted by molar-refractivity contribution is -0.138. The Morgan fingerprint density at radius 1 is 1.55 bits per heavy atom. The molecule has 116 valence electrons. The number of likely N-dealkylation sites (N-methyl/N-ethyl adjacent to an activating group) is 1. The number of carbonyl (C=O) groups is 1. The second kappa shape index (κ2) is 4.05. The van der Waals surface area contributed by atoms with Crippen LogP contribution in [-0.4, -0.2) is 43.4 Å². The lowest BCUT2D eigenvalue weighted by Crippen LogP contribution is -2.65. The van der Waals surface area contributed by atoms with Crippen LogP contribution < -0.4 is 9.47 Å². The molecule has 1 unspecified atom stereocenters. The summed E-state index contributed by atoms with van der Waals surface area (Å²) in [5.74, 6) is -0.534. The molecule has 4 aliphatic rings. The summed E-state index contributed by atoms with van der Waals surface area (Å²) in [6.07, 6.45) is 0.498. The highest BCUT2D eigenvalue weighted by Gasteiger charge is 2.65. The monoisotopic (exact) mass is 307 g/mol. The average Bonchev–Trinajstić information content (AvgIpc) is 2.95. The first-order valence-electron chi connectivity index (χ1n) is 11.7. The van der Waals surface area contributed by atoms with Crippen molar-refractivity contribution < 1.29 is 25.2 Å². The van der Waals surface area contributed by atoms with Crippen LogP contribution in [0.25, 0.3) is 0 Å². The lowest BCUT2D eigenvalue weighted by Gasteiger charge is -2.57. The van der Waals surface area contributed by atoms with E-state index in [1.807, 2.05) is 0 Å². The third-order valence-corrected chi connectivity index (χ3v) is 6.03. The van der Waals surface area contributed by atoms with E-state index < -0.39 is 37.6 Å². The normalized spacial score (nSPS) is 44.9. The highest BCUT2D eigenvalue weighted by Crippen LogP contribution is 2.62. The van der Waals surface area contributed by atoms with E-state index in [9.17, 15) is 4.79 Å². The van der Waals surface area contributed by atoms with Gasteiger partial charge >= 0.3 is 0 Å². The number of likely N-dealkylation sites (tertiary alicyclic amines) is 1. The Morgan fingerprint density at radius 2 is 2.50 bits per heavy atom. The van der Waals surface area contributed by atoms with Crippen LogP contribution >= 0.6 is 0 Å². The summed E-state index contributed by atoms with van der Waals surface area (Å²) in [5, 5.41) is 0. The summed E-state index contributed by atoms with van der Waals surface area (Å²) in [4.78, 5) is 14.3. The lowest BCUT2D eigenvalue weighted by atomic mass is 9.52. The molecule has 0 N–H and O–H groups in total. The number of carbonyl (C=O) groups excluding carboxylic acids is 1. The topological polar surface area (TPSA) is 38.8 Å². The van der Waals surface area contributed by atoms with Crippen LogP contribution in [-0.2, 0) is 16.6 Å². The van der Waals surface area contributed by atoms with Crippen LogP contribution in [0.4, 0.5) is 0 Å². The Balaban J connectivity index is 1.77. The number of piperidine rings is 1. The first kappa shape index (κ1) is 7.35. The molecule has 4 atom stereocenters. The minimum atomic E-state index is -2.84. The van der Waals surface area contributed by atoms with Gasteiger partial charge in [0, 0.05) is 27.6 Å². The van der Waals surface area contributed by atoms with E-state index in [1.54, 1.807) is 0 Å². The van der Waals surface area contributed by atoms with Gasteiger partial charge in [0.25, 0.3) is 0 Å². The van der Waals surface area contributed by atoms with Crippen molar-refractivity contribution in [3.8, 4) is 11.5 Å². The first-order valence-corrected chi connectivity index (χ1v) is 7.68. The van der Waals surface area contributed by atoms with Gasteiger partial charge in [-0.15, -0.1) is 0 Å². The summed E-state index contributed by atoms with van der Waals surface area (Å²) in [5.41, 5.74) is 0.258. The van der Waals surface area contributed by atoms with Crippen LogP contribution in [0.3, 0.4) is 0 Å². The van der Waals surface area contributed by atoms with Crippen LogP contribution in [0.15, 0.2) is 12.1 Å². The maximum absolute atomic E-state index is 12.9. The fourth-order valence-corrected chi connectivity index (χ4v) is 5.23. The van der Waals surface area contributed by atoms with Gasteiger partial charge in [0.1, 0.15) is 0 Å². The third-order valence-electron chi connectivity index (χ3n) is 6.03. The van der Waals surface area contributed by atoms with E-state index in [0.29, 0.717) is 24.0 Å². The molecule has 2 aliphatic carbocycles. The number of hydrogen-bond acceptors (Lipinski definition) is 4. The maximum atomic E-state index is 12.9. The largest absolute Gasteiger partial charge is 0.493 e. The number of nitrogens with zero attached hydrogens (tertiary/aromatic N) is 1. The second-order valence-electron chi connectivity index (χ2n) is 6.73. The highest BCUT2D eigenvalue weighted by atomic mass is 16.5. The molecule has 0 amide bonds. The van der Waals surface area contributed by atoms with E-state index in [1.165, 1.54) is 4.90 Å². The summed E-state index contributed by atoms with van der Waals surface area (Å²) in [6.45, 7) is -2.06. The third kappa shape index (κ3) is 1.27. The molecule has 2 fully saturated rings. The Labute approximate surface area is 141 Å². The fourth-order valence-electron chi connectivity index (χ4n) is 5.23. The minimum Gasteiger partial charge on any atom is -0.493 e. The number of hydrogen-bond donors (Lipinski definition) is 0. The number of methoxy groups -OCH3 is 1. The molecule has 2 heterocycles. The quantitative estimate of drug-likeness (QED) is 0.795. The van der Waals surface area contributed by atoms with Gasteiger partial charge < -0.3 is 14.4 Å². The molecule has 4 nitrogen and oxygen atoms in total. The maximum Gasteiger partial charge on any atom is 0.174 e. The molecule has 1 aromatic rings. The highest BCUT2D eigenvalue weighted by molar-refractivity contribution is 5.89. The number of benzene rings is 1. The summed E-state index contributed by atoms with van der Waals surface area (Å²) < 4.78 is 74.3. The van der Waals surface area contributed by atoms with Crippen molar-refractivity contribution in [2.45, 2.75) is 43.2 Å². The predicted molar refractivity (Wildman–Crippen MR) is 81.6 cm³/mol. The molecule has 22 heavy (non-hydrogen) atoms. The average molecular weight is 307 g/mol. The number of ether oxygens (including phenoxy) is 2. The number of Topliss-reactive ketones (excluding diaryl/α,β-unsaturated/α-hetero) is 1. The van der Waals surface area contributed by atoms with Crippen molar-refractivity contribution in [1.29, 1.82) is 0 Å². The van der Waals surface area contributed by atoms with Crippen molar-refractivity contribution in [1.82, 2.24) is 4.90 Å². The molecule has 1 spiro atoms. The van der Waals surface area contributed by atoms with Crippen molar-refractivity contribution in [2.75, 3.05) is 20.6 Å². The van der Waals surface area contributed by atoms with Gasteiger partial charge in [0.2, 0.25) is 0 Å². The van der Waals surface area contributed by atoms with Crippen molar-refractivity contribution in [3.63, 3.8) is 0 Å². The smallest absolute Gasteiger partial charge is 0.174 e. The second-order valence-corrected chi connectivity index (χ2v) is 6.73. The Morgan fingerprint density at radius 3 is 3.36 bits per heavy atom. The van der Waals surface area contributed by atoms with Crippen LogP contribution in [0, 0.1) is 5.92 Å². The van der Waals surface area contributed by atoms with E-state index >= 15 is 0 Å². The number of ketones is 1.